The van der Waals surface area contributed by atoms with E-state index in [1.54, 1.807) is 60.7 Å². The lowest BCUT2D eigenvalue weighted by Gasteiger charge is -2.26. The third-order valence-electron chi connectivity index (χ3n) is 5.45. The molecule has 0 aliphatic carbocycles. The molecule has 0 aliphatic heterocycles. The smallest absolute Gasteiger partial charge is 0.328 e. The number of esters is 1. The second-order valence-corrected chi connectivity index (χ2v) is 7.88. The number of carbonyl (C=O) groups excluding carboxylic acids is 3. The number of rotatable bonds is 10. The summed E-state index contributed by atoms with van der Waals surface area (Å²) in [6.45, 7) is 0. The zero-order valence-corrected chi connectivity index (χ0v) is 19.4. The van der Waals surface area contributed by atoms with Crippen molar-refractivity contribution in [2.75, 3.05) is 7.11 Å². The van der Waals surface area contributed by atoms with E-state index in [0.29, 0.717) is 16.7 Å². The maximum absolute atomic E-state index is 13.0. The molecule has 3 atom stereocenters. The Morgan fingerprint density at radius 2 is 1.50 bits per heavy atom. The Balaban J connectivity index is 1.79. The predicted molar refractivity (Wildman–Crippen MR) is 130 cm³/mol. The summed E-state index contributed by atoms with van der Waals surface area (Å²) in [4.78, 5) is 48.5. The van der Waals surface area contributed by atoms with E-state index in [1.807, 2.05) is 0 Å². The molecule has 186 valence electrons. The number of non-ortho nitro benzene ring substituents is 1. The number of nitro benzene ring substituents is 1. The van der Waals surface area contributed by atoms with Crippen LogP contribution in [0.5, 0.6) is 0 Å². The van der Waals surface area contributed by atoms with Gasteiger partial charge in [0.05, 0.1) is 18.1 Å². The van der Waals surface area contributed by atoms with Gasteiger partial charge in [0.1, 0.15) is 6.04 Å². The van der Waals surface area contributed by atoms with Crippen LogP contribution in [0.4, 0.5) is 5.69 Å². The van der Waals surface area contributed by atoms with Crippen LogP contribution >= 0.6 is 0 Å². The Kier molecular flexibility index (Phi) is 8.84. The molecule has 0 unspecified atom stereocenters. The lowest BCUT2D eigenvalue weighted by atomic mass is 9.99. The van der Waals surface area contributed by atoms with Crippen LogP contribution in [0.15, 0.2) is 84.9 Å². The number of benzene rings is 3. The molecular formula is C26H25N3O7. The van der Waals surface area contributed by atoms with E-state index < -0.39 is 40.9 Å². The Labute approximate surface area is 207 Å². The third-order valence-corrected chi connectivity index (χ3v) is 5.45. The zero-order valence-electron chi connectivity index (χ0n) is 19.4. The molecule has 0 fully saturated rings. The summed E-state index contributed by atoms with van der Waals surface area (Å²) in [7, 11) is 1.15. The van der Waals surface area contributed by atoms with Crippen molar-refractivity contribution >= 4 is 23.5 Å². The molecule has 0 aliphatic rings. The summed E-state index contributed by atoms with van der Waals surface area (Å²) in [6, 6.07) is 20.0. The SMILES string of the molecule is COC(=O)[C@H](Cc1ccc([N+](=O)[O-])cc1)NC(=O)[C@H](O)[C@@H](NC(=O)c1ccccc1)c1ccccc1. The summed E-state index contributed by atoms with van der Waals surface area (Å²) in [5, 5.41) is 27.0. The number of hydrogen-bond donors (Lipinski definition) is 3. The molecule has 0 radical (unpaired) electrons. The molecule has 2 amide bonds. The van der Waals surface area contributed by atoms with Crippen molar-refractivity contribution in [3.63, 3.8) is 0 Å². The summed E-state index contributed by atoms with van der Waals surface area (Å²) >= 11 is 0. The fourth-order valence-electron chi connectivity index (χ4n) is 3.55. The minimum atomic E-state index is -1.75. The zero-order chi connectivity index (χ0) is 26.1. The minimum Gasteiger partial charge on any atom is -0.467 e. The highest BCUT2D eigenvalue weighted by atomic mass is 16.6. The van der Waals surface area contributed by atoms with Crippen molar-refractivity contribution in [1.82, 2.24) is 10.6 Å². The van der Waals surface area contributed by atoms with Gasteiger partial charge in [0.2, 0.25) is 0 Å². The van der Waals surface area contributed by atoms with E-state index in [1.165, 1.54) is 24.3 Å². The second kappa shape index (κ2) is 12.2. The predicted octanol–water partition coefficient (Wildman–Crippen LogP) is 2.33. The monoisotopic (exact) mass is 491 g/mol. The maximum atomic E-state index is 13.0. The van der Waals surface area contributed by atoms with Gasteiger partial charge >= 0.3 is 5.97 Å². The van der Waals surface area contributed by atoms with Crippen molar-refractivity contribution in [1.29, 1.82) is 0 Å². The number of carbonyl (C=O) groups is 3. The summed E-state index contributed by atoms with van der Waals surface area (Å²) < 4.78 is 4.78. The second-order valence-electron chi connectivity index (χ2n) is 7.88. The van der Waals surface area contributed by atoms with Gasteiger partial charge in [0.15, 0.2) is 6.10 Å². The first-order chi connectivity index (χ1) is 17.3. The van der Waals surface area contributed by atoms with E-state index in [2.05, 4.69) is 10.6 Å². The van der Waals surface area contributed by atoms with E-state index >= 15 is 0 Å². The first-order valence-corrected chi connectivity index (χ1v) is 11.0. The molecule has 3 aromatic rings. The summed E-state index contributed by atoms with van der Waals surface area (Å²) in [5.74, 6) is -2.17. The maximum Gasteiger partial charge on any atom is 0.328 e. The first kappa shape index (κ1) is 26.0. The van der Waals surface area contributed by atoms with Crippen LogP contribution in [0.3, 0.4) is 0 Å². The molecule has 3 aromatic carbocycles. The largest absolute Gasteiger partial charge is 0.467 e. The molecule has 0 saturated carbocycles. The molecule has 0 heterocycles. The highest BCUT2D eigenvalue weighted by Gasteiger charge is 2.32. The Bertz CT molecular complexity index is 1200. The van der Waals surface area contributed by atoms with Crippen LogP contribution in [0.2, 0.25) is 0 Å². The molecule has 10 nitrogen and oxygen atoms in total. The number of nitro groups is 1. The van der Waals surface area contributed by atoms with Gasteiger partial charge in [-0.25, -0.2) is 4.79 Å². The lowest BCUT2D eigenvalue weighted by molar-refractivity contribution is -0.384. The number of hydrogen-bond acceptors (Lipinski definition) is 7. The van der Waals surface area contributed by atoms with Crippen molar-refractivity contribution < 1.29 is 29.2 Å². The molecule has 0 bridgehead atoms. The molecular weight excluding hydrogens is 466 g/mol. The van der Waals surface area contributed by atoms with Crippen LogP contribution in [-0.2, 0) is 20.7 Å². The number of ether oxygens (including phenoxy) is 1. The number of nitrogens with one attached hydrogen (secondary N) is 2. The Morgan fingerprint density at radius 1 is 0.917 bits per heavy atom. The Morgan fingerprint density at radius 3 is 2.06 bits per heavy atom. The van der Waals surface area contributed by atoms with Crippen LogP contribution in [0.1, 0.15) is 27.5 Å². The van der Waals surface area contributed by atoms with Gasteiger partial charge in [0, 0.05) is 24.1 Å². The Hall–Kier alpha value is -4.57. The topological polar surface area (TPSA) is 148 Å². The highest BCUT2D eigenvalue weighted by molar-refractivity contribution is 5.95. The van der Waals surface area contributed by atoms with Crippen LogP contribution in [0, 0.1) is 10.1 Å². The highest BCUT2D eigenvalue weighted by Crippen LogP contribution is 2.19. The molecule has 3 rings (SSSR count). The normalized spacial score (nSPS) is 13.1. The average Bonchev–Trinajstić information content (AvgIpc) is 2.91. The molecule has 10 heteroatoms. The van der Waals surface area contributed by atoms with Gasteiger partial charge in [-0.15, -0.1) is 0 Å². The fraction of sp³-hybridized carbons (Fsp3) is 0.192. The number of aliphatic hydroxyl groups is 1. The average molecular weight is 492 g/mol. The lowest BCUT2D eigenvalue weighted by Crippen LogP contribution is -2.51. The van der Waals surface area contributed by atoms with Gasteiger partial charge in [-0.05, 0) is 23.3 Å². The molecule has 3 N–H and O–H groups in total. The van der Waals surface area contributed by atoms with Crippen LogP contribution < -0.4 is 10.6 Å². The number of aliphatic hydroxyl groups excluding tert-OH is 1. The van der Waals surface area contributed by atoms with Gasteiger partial charge in [-0.1, -0.05) is 60.7 Å². The van der Waals surface area contributed by atoms with Crippen molar-refractivity contribution in [2.45, 2.75) is 24.6 Å². The standard InChI is InChI=1S/C26H25N3O7/c1-36-26(33)21(16-17-12-14-20(15-13-17)29(34)35)27-25(32)23(30)22(18-8-4-2-5-9-18)28-24(31)19-10-6-3-7-11-19/h2-15,21-23,30H,16H2,1H3,(H,27,32)(H,28,31)/t21-,22-,23+/m0/s1. The number of methoxy groups -OCH3 is 1. The molecule has 0 saturated heterocycles. The quantitative estimate of drug-likeness (QED) is 0.224. The summed E-state index contributed by atoms with van der Waals surface area (Å²) in [5.41, 5.74) is 1.24. The van der Waals surface area contributed by atoms with E-state index in [0.717, 1.165) is 7.11 Å². The fourth-order valence-corrected chi connectivity index (χ4v) is 3.55. The number of amides is 2. The van der Waals surface area contributed by atoms with E-state index in [-0.39, 0.29) is 12.1 Å². The van der Waals surface area contributed by atoms with Crippen molar-refractivity contribution in [3.05, 3.63) is 112 Å². The first-order valence-electron chi connectivity index (χ1n) is 11.0. The third kappa shape index (κ3) is 6.73. The summed E-state index contributed by atoms with van der Waals surface area (Å²) in [6.07, 6.45) is -1.78. The number of nitrogens with zero attached hydrogens (tertiary/aromatic N) is 1. The molecule has 0 spiro atoms. The van der Waals surface area contributed by atoms with Gasteiger partial charge in [0.25, 0.3) is 17.5 Å². The van der Waals surface area contributed by atoms with E-state index in [9.17, 15) is 29.6 Å². The van der Waals surface area contributed by atoms with Gasteiger partial charge in [-0.2, -0.15) is 0 Å². The van der Waals surface area contributed by atoms with E-state index in [4.69, 9.17) is 4.74 Å². The molecule has 36 heavy (non-hydrogen) atoms. The van der Waals surface area contributed by atoms with Gasteiger partial charge < -0.3 is 20.5 Å². The molecule has 0 aromatic heterocycles. The van der Waals surface area contributed by atoms with Gasteiger partial charge in [-0.3, -0.25) is 19.7 Å². The minimum absolute atomic E-state index is 0.0322. The van der Waals surface area contributed by atoms with Crippen LogP contribution in [0.25, 0.3) is 0 Å². The van der Waals surface area contributed by atoms with Crippen LogP contribution in [-0.4, -0.2) is 47.1 Å². The van der Waals surface area contributed by atoms with Crippen molar-refractivity contribution in [2.24, 2.45) is 0 Å². The van der Waals surface area contributed by atoms with Crippen molar-refractivity contribution in [3.8, 4) is 0 Å².